The van der Waals surface area contributed by atoms with E-state index in [0.717, 1.165) is 0 Å². The first-order valence-electron chi connectivity index (χ1n) is 24.4. The molecule has 0 spiro atoms. The normalized spacial score (nSPS) is 22.2. The number of hydrogen-bond donors (Lipinski definition) is 4. The molecular weight excluding hydrogens is 957 g/mol. The summed E-state index contributed by atoms with van der Waals surface area (Å²) < 4.78 is 44.9. The number of aliphatic hydroxyl groups is 1. The van der Waals surface area contributed by atoms with Crippen molar-refractivity contribution in [3.05, 3.63) is 88.5 Å². The molecule has 0 radical (unpaired) electrons. The van der Waals surface area contributed by atoms with Crippen LogP contribution >= 0.6 is 0 Å². The first kappa shape index (κ1) is 58.0. The van der Waals surface area contributed by atoms with Gasteiger partial charge in [-0.15, -0.1) is 0 Å². The van der Waals surface area contributed by atoms with Crippen molar-refractivity contribution in [2.45, 2.75) is 84.7 Å². The second kappa shape index (κ2) is 26.9. The number of piperazine rings is 1. The van der Waals surface area contributed by atoms with E-state index in [9.17, 15) is 34.5 Å². The Balaban J connectivity index is 1.31. The summed E-state index contributed by atoms with van der Waals surface area (Å²) in [5.74, 6) is -1.74. The number of phenols is 2. The number of methoxy groups -OCH3 is 6. The number of nitrogens with zero attached hydrogens (tertiary/aromatic N) is 3. The number of nitrogens with one attached hydrogen (secondary N) is 1. The van der Waals surface area contributed by atoms with Crippen LogP contribution in [-0.4, -0.2) is 155 Å². The molecule has 74 heavy (non-hydrogen) atoms. The molecule has 1 fully saturated rings. The number of ether oxygens (including phenoxy) is 8. The number of rotatable bonds is 14. The van der Waals surface area contributed by atoms with E-state index >= 15 is 0 Å². The van der Waals surface area contributed by atoms with Crippen LogP contribution < -0.4 is 29.0 Å². The summed E-state index contributed by atoms with van der Waals surface area (Å²) >= 11 is 0. The number of carbonyl (C=O) groups is 4. The van der Waals surface area contributed by atoms with Gasteiger partial charge in [0, 0.05) is 94.7 Å². The first-order valence-corrected chi connectivity index (χ1v) is 24.4. The van der Waals surface area contributed by atoms with Gasteiger partial charge in [-0.25, -0.2) is 4.79 Å². The van der Waals surface area contributed by atoms with Crippen LogP contribution in [0.5, 0.6) is 40.2 Å². The fourth-order valence-electron chi connectivity index (χ4n) is 8.98. The van der Waals surface area contributed by atoms with E-state index in [1.165, 1.54) is 55.6 Å². The molecule has 19 nitrogen and oxygen atoms in total. The molecule has 0 aliphatic carbocycles. The predicted molar refractivity (Wildman–Crippen MR) is 279 cm³/mol. The lowest BCUT2D eigenvalue weighted by molar-refractivity contribution is -0.149. The molecule has 2 aliphatic heterocycles. The van der Waals surface area contributed by atoms with E-state index in [0.29, 0.717) is 78.8 Å². The van der Waals surface area contributed by atoms with E-state index < -0.39 is 54.2 Å². The zero-order chi connectivity index (χ0) is 54.4. The number of amides is 2. The number of aliphatic imine (C=N–C) groups is 1. The highest BCUT2D eigenvalue weighted by Crippen LogP contribution is 2.45. The van der Waals surface area contributed by atoms with E-state index in [2.05, 4.69) is 15.2 Å². The number of benzene rings is 3. The molecule has 1 saturated heterocycles. The van der Waals surface area contributed by atoms with Gasteiger partial charge in [-0.3, -0.25) is 24.3 Å². The average molecular weight is 1030 g/mol. The average Bonchev–Trinajstić information content (AvgIpc) is 3.39. The third-order valence-electron chi connectivity index (χ3n) is 13.3. The van der Waals surface area contributed by atoms with Crippen molar-refractivity contribution in [2.75, 3.05) is 80.7 Å². The van der Waals surface area contributed by atoms with Gasteiger partial charge >= 0.3 is 12.1 Å². The summed E-state index contributed by atoms with van der Waals surface area (Å²) in [7, 11) is 8.86. The number of esters is 1. The van der Waals surface area contributed by atoms with E-state index in [1.54, 1.807) is 80.4 Å². The zero-order valence-corrected chi connectivity index (χ0v) is 44.4. The number of Topliss-reactive ketones (excluding diaryl/α,β-unsaturated/α-hetero) is 1. The Hall–Kier alpha value is -6.93. The van der Waals surface area contributed by atoms with Gasteiger partial charge in [0.25, 0.3) is 5.91 Å². The number of phenolic OH excluding ortho intramolecular Hbond substituents is 2. The Labute approximate surface area is 433 Å². The molecule has 7 unspecified atom stereocenters. The molecule has 0 saturated carbocycles. The molecule has 19 heteroatoms. The second-order valence-corrected chi connectivity index (χ2v) is 18.5. The van der Waals surface area contributed by atoms with Gasteiger partial charge in [0.1, 0.15) is 23.3 Å². The van der Waals surface area contributed by atoms with Gasteiger partial charge in [0.2, 0.25) is 5.75 Å². The SMILES string of the molecule is COc1ccc(C(C)C(=O)c2cc(OC)c(OC)c(OC)c2)cc1OC(=O)N1CCN(CC=Nc2c(O)cc3c(O)c2CC(C)CC(OC)C(O)C(C)C=C(C)C(OC(C)=O)C(OC)/C=C\C=C(C)C(=O)N3)CC1. The van der Waals surface area contributed by atoms with Gasteiger partial charge in [-0.05, 0) is 68.0 Å². The lowest BCUT2D eigenvalue weighted by Gasteiger charge is -2.33. The molecule has 3 aromatic carbocycles. The fourth-order valence-corrected chi connectivity index (χ4v) is 8.98. The van der Waals surface area contributed by atoms with Crippen LogP contribution in [0.3, 0.4) is 0 Å². The Kier molecular flexibility index (Phi) is 21.0. The summed E-state index contributed by atoms with van der Waals surface area (Å²) in [6.45, 7) is 12.0. The van der Waals surface area contributed by atoms with Crippen LogP contribution in [0.1, 0.15) is 75.4 Å². The third-order valence-corrected chi connectivity index (χ3v) is 13.3. The summed E-state index contributed by atoms with van der Waals surface area (Å²) in [4.78, 5) is 61.3. The van der Waals surface area contributed by atoms with Gasteiger partial charge in [0.15, 0.2) is 34.9 Å². The van der Waals surface area contributed by atoms with Crippen LogP contribution in [0.4, 0.5) is 16.2 Å². The number of fused-ring (bicyclic) bond motifs is 2. The summed E-state index contributed by atoms with van der Waals surface area (Å²) in [5.41, 5.74) is 2.18. The summed E-state index contributed by atoms with van der Waals surface area (Å²) in [6, 6.07) is 9.41. The van der Waals surface area contributed by atoms with Crippen molar-refractivity contribution in [1.29, 1.82) is 0 Å². The van der Waals surface area contributed by atoms with Crippen LogP contribution in [-0.2, 0) is 30.2 Å². The lowest BCUT2D eigenvalue weighted by Crippen LogP contribution is -2.49. The van der Waals surface area contributed by atoms with Crippen molar-refractivity contribution in [2.24, 2.45) is 16.8 Å². The first-order chi connectivity index (χ1) is 35.3. The largest absolute Gasteiger partial charge is 0.506 e. The number of carbonyl (C=O) groups excluding carboxylic acids is 4. The number of aliphatic hydroxyl groups excluding tert-OH is 1. The number of hydrogen-bond acceptors (Lipinski definition) is 17. The van der Waals surface area contributed by atoms with Crippen molar-refractivity contribution < 1.29 is 72.4 Å². The fraction of sp³-hybridized carbons (Fsp3) is 0.473. The van der Waals surface area contributed by atoms with Crippen LogP contribution in [0.15, 0.2) is 76.8 Å². The monoisotopic (exact) mass is 1030 g/mol. The van der Waals surface area contributed by atoms with Gasteiger partial charge < -0.3 is 63.4 Å². The minimum Gasteiger partial charge on any atom is -0.506 e. The maximum absolute atomic E-state index is 13.8. The molecule has 2 bridgehead atoms. The minimum absolute atomic E-state index is 0.0317. The number of anilines is 1. The third kappa shape index (κ3) is 14.4. The lowest BCUT2D eigenvalue weighted by atomic mass is 9.87. The van der Waals surface area contributed by atoms with Gasteiger partial charge in [-0.1, -0.05) is 51.1 Å². The second-order valence-electron chi connectivity index (χ2n) is 18.5. The van der Waals surface area contributed by atoms with E-state index in [1.807, 2.05) is 19.9 Å². The summed E-state index contributed by atoms with van der Waals surface area (Å²) in [5, 5.41) is 37.5. The van der Waals surface area contributed by atoms with Crippen molar-refractivity contribution in [3.63, 3.8) is 0 Å². The Morgan fingerprint density at radius 3 is 2.14 bits per heavy atom. The van der Waals surface area contributed by atoms with Crippen LogP contribution in [0, 0.1) is 11.8 Å². The molecule has 402 valence electrons. The number of allylic oxidation sites excluding steroid dienone is 2. The number of ketones is 1. The molecule has 5 rings (SSSR count). The molecule has 4 N–H and O–H groups in total. The van der Waals surface area contributed by atoms with E-state index in [4.69, 9.17) is 37.9 Å². The molecule has 2 amide bonds. The molecule has 2 aliphatic rings. The quantitative estimate of drug-likeness (QED) is 0.0304. The molecule has 0 aromatic heterocycles. The number of aromatic hydroxyl groups is 2. The smallest absolute Gasteiger partial charge is 0.415 e. The maximum atomic E-state index is 13.8. The Morgan fingerprint density at radius 2 is 1.54 bits per heavy atom. The van der Waals surface area contributed by atoms with Crippen LogP contribution in [0.25, 0.3) is 0 Å². The van der Waals surface area contributed by atoms with Crippen molar-refractivity contribution in [1.82, 2.24) is 9.80 Å². The van der Waals surface area contributed by atoms with Crippen LogP contribution in [0.2, 0.25) is 0 Å². The highest BCUT2D eigenvalue weighted by Gasteiger charge is 2.31. The Bertz CT molecular complexity index is 2580. The highest BCUT2D eigenvalue weighted by atomic mass is 16.6. The van der Waals surface area contributed by atoms with Gasteiger partial charge in [0.05, 0.1) is 46.3 Å². The molecular formula is C55H72N4O15. The predicted octanol–water partition coefficient (Wildman–Crippen LogP) is 7.57. The minimum atomic E-state index is -0.991. The topological polar surface area (TPSA) is 234 Å². The Morgan fingerprint density at radius 1 is 0.878 bits per heavy atom. The van der Waals surface area contributed by atoms with Crippen molar-refractivity contribution in [3.8, 4) is 40.2 Å². The zero-order valence-electron chi connectivity index (χ0n) is 44.4. The standard InChI is InChI=1S/C55H72N4O15/c1-31-24-39-48(41(61)30-40(51(39)64)57-54(65)32(2)14-13-15-43(68-8)52(73-36(6)60)34(4)26-33(3)49(62)45(25-31)69-9)56-18-19-58-20-22-59(23-21-58)55(66)74-44-27-37(16-17-42(44)67-7)35(5)50(63)38-28-46(70-10)53(72-12)47(29-38)71-11/h13-18,26-31,33,35,43,45,49,52,61-62,64H,19-25H2,1-12H3,(H,57,65)/b15-13-,32-14?,34-26?,56-18?. The van der Waals surface area contributed by atoms with E-state index in [-0.39, 0.29) is 57.9 Å². The highest BCUT2D eigenvalue weighted by molar-refractivity contribution is 6.05. The molecule has 3 aromatic rings. The summed E-state index contributed by atoms with van der Waals surface area (Å²) in [6.07, 6.45) is 4.88. The van der Waals surface area contributed by atoms with Crippen molar-refractivity contribution >= 4 is 41.3 Å². The van der Waals surface area contributed by atoms with Gasteiger partial charge in [-0.2, -0.15) is 0 Å². The molecule has 7 atom stereocenters. The maximum Gasteiger partial charge on any atom is 0.415 e. The molecule has 2 heterocycles.